The summed E-state index contributed by atoms with van der Waals surface area (Å²) in [5.41, 5.74) is 5.26. The molecular formula is C23H22N4O. The maximum atomic E-state index is 11.7. The third-order valence-electron chi connectivity index (χ3n) is 5.02. The second kappa shape index (κ2) is 7.71. The summed E-state index contributed by atoms with van der Waals surface area (Å²) in [4.78, 5) is 22.0. The van der Waals surface area contributed by atoms with Crippen LogP contribution in [0.5, 0.6) is 0 Å². The van der Waals surface area contributed by atoms with Crippen molar-refractivity contribution in [3.63, 3.8) is 0 Å². The summed E-state index contributed by atoms with van der Waals surface area (Å²) >= 11 is 0. The lowest BCUT2D eigenvalue weighted by Gasteiger charge is -2.28. The maximum Gasteiger partial charge on any atom is 0.159 e. The van der Waals surface area contributed by atoms with E-state index in [-0.39, 0.29) is 5.78 Å². The van der Waals surface area contributed by atoms with Crippen molar-refractivity contribution < 1.29 is 4.79 Å². The molecule has 1 saturated heterocycles. The lowest BCUT2D eigenvalue weighted by atomic mass is 10.0. The normalized spacial score (nSPS) is 13.9. The topological polar surface area (TPSA) is 61.0 Å². The highest BCUT2D eigenvalue weighted by Crippen LogP contribution is 2.29. The summed E-state index contributed by atoms with van der Waals surface area (Å²) in [6, 6.07) is 13.5. The number of aromatic amines is 1. The Morgan fingerprint density at radius 3 is 2.71 bits per heavy atom. The molecule has 0 spiro atoms. The van der Waals surface area contributed by atoms with E-state index >= 15 is 0 Å². The van der Waals surface area contributed by atoms with Gasteiger partial charge in [-0.3, -0.25) is 9.78 Å². The minimum atomic E-state index is 0.0432. The van der Waals surface area contributed by atoms with Crippen LogP contribution in [0.15, 0.2) is 48.7 Å². The number of aromatic nitrogens is 2. The van der Waals surface area contributed by atoms with Crippen LogP contribution in [0.2, 0.25) is 0 Å². The summed E-state index contributed by atoms with van der Waals surface area (Å²) in [6.07, 6.45) is 7.54. The number of hydrogen-bond acceptors (Lipinski definition) is 4. The monoisotopic (exact) mass is 370 g/mol. The van der Waals surface area contributed by atoms with Gasteiger partial charge in [0.15, 0.2) is 5.78 Å². The summed E-state index contributed by atoms with van der Waals surface area (Å²) in [5, 5.41) is 3.36. The van der Waals surface area contributed by atoms with E-state index < -0.39 is 0 Å². The number of hydrogen-bond donors (Lipinski definition) is 2. The van der Waals surface area contributed by atoms with Crippen LogP contribution in [0, 0.1) is 12.3 Å². The summed E-state index contributed by atoms with van der Waals surface area (Å²) in [6.45, 7) is 5.32. The zero-order valence-corrected chi connectivity index (χ0v) is 15.8. The molecule has 0 saturated carbocycles. The Kier molecular flexibility index (Phi) is 4.96. The minimum absolute atomic E-state index is 0.0432. The highest BCUT2D eigenvalue weighted by molar-refractivity contribution is 5.95. The Hall–Kier alpha value is -3.36. The molecule has 0 bridgehead atoms. The van der Waals surface area contributed by atoms with Gasteiger partial charge in [0, 0.05) is 54.8 Å². The van der Waals surface area contributed by atoms with Gasteiger partial charge in [0.05, 0.1) is 11.3 Å². The maximum absolute atomic E-state index is 11.7. The predicted molar refractivity (Wildman–Crippen MR) is 112 cm³/mol. The molecule has 1 fully saturated rings. The number of carbonyl (C=O) groups excluding carboxylic acids is 1. The standard InChI is InChI=1S/C23H22N4O/c1-3-17-14-22(26-23(17)27-11-9-24-10-12-27)20-7-8-25-21(15-20)19-6-4-5-18(13-19)16(2)28/h1,4-8,13-15,24,26H,9-12H2,2H3. The Bertz CT molecular complexity index is 1050. The van der Waals surface area contributed by atoms with Crippen LogP contribution in [0.3, 0.4) is 0 Å². The molecule has 0 unspecified atom stereocenters. The van der Waals surface area contributed by atoms with E-state index in [0.717, 1.165) is 60.1 Å². The average molecular weight is 370 g/mol. The number of benzene rings is 1. The molecule has 140 valence electrons. The molecule has 1 aliphatic rings. The van der Waals surface area contributed by atoms with E-state index in [1.807, 2.05) is 42.5 Å². The van der Waals surface area contributed by atoms with Crippen LogP contribution in [0.1, 0.15) is 22.8 Å². The Labute approximate surface area is 164 Å². The van der Waals surface area contributed by atoms with Gasteiger partial charge in [-0.25, -0.2) is 0 Å². The van der Waals surface area contributed by atoms with Crippen LogP contribution in [0.4, 0.5) is 5.82 Å². The number of piperazine rings is 1. The number of pyridine rings is 1. The van der Waals surface area contributed by atoms with Crippen LogP contribution in [-0.2, 0) is 0 Å². The van der Waals surface area contributed by atoms with Crippen molar-refractivity contribution >= 4 is 11.6 Å². The number of carbonyl (C=O) groups is 1. The Balaban J connectivity index is 1.70. The molecule has 2 N–H and O–H groups in total. The van der Waals surface area contributed by atoms with Crippen LogP contribution in [-0.4, -0.2) is 41.9 Å². The van der Waals surface area contributed by atoms with Crippen molar-refractivity contribution in [3.8, 4) is 34.9 Å². The molecular weight excluding hydrogens is 348 g/mol. The van der Waals surface area contributed by atoms with Gasteiger partial charge in [0.25, 0.3) is 0 Å². The van der Waals surface area contributed by atoms with Gasteiger partial charge in [-0.05, 0) is 31.2 Å². The van der Waals surface area contributed by atoms with E-state index in [1.54, 1.807) is 13.1 Å². The first-order valence-electron chi connectivity index (χ1n) is 9.39. The van der Waals surface area contributed by atoms with Crippen molar-refractivity contribution in [2.75, 3.05) is 31.1 Å². The molecule has 28 heavy (non-hydrogen) atoms. The molecule has 5 nitrogen and oxygen atoms in total. The van der Waals surface area contributed by atoms with Crippen molar-refractivity contribution in [3.05, 3.63) is 59.8 Å². The zero-order valence-electron chi connectivity index (χ0n) is 15.8. The fraction of sp³-hybridized carbons (Fsp3) is 0.217. The van der Waals surface area contributed by atoms with Crippen molar-refractivity contribution in [1.82, 2.24) is 15.3 Å². The molecule has 3 heterocycles. The summed E-state index contributed by atoms with van der Waals surface area (Å²) < 4.78 is 0. The number of nitrogens with one attached hydrogen (secondary N) is 2. The second-order valence-electron chi connectivity index (χ2n) is 6.89. The number of H-pyrrole nitrogens is 1. The molecule has 1 aromatic carbocycles. The lowest BCUT2D eigenvalue weighted by molar-refractivity contribution is 0.101. The molecule has 5 heteroatoms. The quantitative estimate of drug-likeness (QED) is 0.546. The molecule has 0 amide bonds. The third-order valence-corrected chi connectivity index (χ3v) is 5.02. The largest absolute Gasteiger partial charge is 0.355 e. The summed E-state index contributed by atoms with van der Waals surface area (Å²) in [5.74, 6) is 3.84. The van der Waals surface area contributed by atoms with E-state index in [2.05, 4.69) is 26.1 Å². The number of ketones is 1. The van der Waals surface area contributed by atoms with Gasteiger partial charge < -0.3 is 15.2 Å². The molecule has 0 aliphatic carbocycles. The first-order valence-corrected chi connectivity index (χ1v) is 9.39. The predicted octanol–water partition coefficient (Wildman–Crippen LogP) is 3.34. The lowest BCUT2D eigenvalue weighted by Crippen LogP contribution is -2.44. The Morgan fingerprint density at radius 1 is 1.14 bits per heavy atom. The third kappa shape index (κ3) is 3.55. The summed E-state index contributed by atoms with van der Waals surface area (Å²) in [7, 11) is 0. The number of rotatable bonds is 4. The van der Waals surface area contributed by atoms with Crippen molar-refractivity contribution in [1.29, 1.82) is 0 Å². The van der Waals surface area contributed by atoms with Gasteiger partial charge in [0.2, 0.25) is 0 Å². The first kappa shape index (κ1) is 18.0. The highest BCUT2D eigenvalue weighted by atomic mass is 16.1. The van der Waals surface area contributed by atoms with Crippen LogP contribution < -0.4 is 10.2 Å². The van der Waals surface area contributed by atoms with Gasteiger partial charge >= 0.3 is 0 Å². The van der Waals surface area contributed by atoms with Gasteiger partial charge in [-0.2, -0.15) is 0 Å². The van der Waals surface area contributed by atoms with E-state index in [0.29, 0.717) is 5.56 Å². The molecule has 0 radical (unpaired) electrons. The Morgan fingerprint density at radius 2 is 1.96 bits per heavy atom. The first-order chi connectivity index (χ1) is 13.7. The van der Waals surface area contributed by atoms with Crippen molar-refractivity contribution in [2.45, 2.75) is 6.92 Å². The van der Waals surface area contributed by atoms with E-state index in [1.165, 1.54) is 0 Å². The van der Waals surface area contributed by atoms with Crippen LogP contribution in [0.25, 0.3) is 22.5 Å². The highest BCUT2D eigenvalue weighted by Gasteiger charge is 2.17. The zero-order chi connectivity index (χ0) is 19.5. The van der Waals surface area contributed by atoms with Gasteiger partial charge in [-0.1, -0.05) is 24.1 Å². The molecule has 4 rings (SSSR count). The fourth-order valence-corrected chi connectivity index (χ4v) is 3.50. The van der Waals surface area contributed by atoms with E-state index in [9.17, 15) is 4.79 Å². The fourth-order valence-electron chi connectivity index (χ4n) is 3.50. The number of terminal acetylenes is 1. The second-order valence-corrected chi connectivity index (χ2v) is 6.89. The average Bonchev–Trinajstić information content (AvgIpc) is 3.19. The minimum Gasteiger partial charge on any atom is -0.355 e. The molecule has 1 aliphatic heterocycles. The van der Waals surface area contributed by atoms with Crippen LogP contribution >= 0.6 is 0 Å². The number of Topliss-reactive ketones (excluding diaryl/α,β-unsaturated/α-hetero) is 1. The van der Waals surface area contributed by atoms with Gasteiger partial charge in [0.1, 0.15) is 5.82 Å². The number of nitrogens with zero attached hydrogens (tertiary/aromatic N) is 2. The number of anilines is 1. The van der Waals surface area contributed by atoms with E-state index in [4.69, 9.17) is 6.42 Å². The molecule has 0 atom stereocenters. The smallest absolute Gasteiger partial charge is 0.159 e. The van der Waals surface area contributed by atoms with Crippen molar-refractivity contribution in [2.24, 2.45) is 0 Å². The molecule has 2 aromatic heterocycles. The molecule has 3 aromatic rings. The SMILES string of the molecule is C#Cc1cc(-c2ccnc(-c3cccc(C(C)=O)c3)c2)[nH]c1N1CCNCC1. The van der Waals surface area contributed by atoms with Gasteiger partial charge in [-0.15, -0.1) is 6.42 Å².